The third kappa shape index (κ3) is 2.88. The minimum absolute atomic E-state index is 1.03. The largest absolute Gasteiger partial charge is 0.292 e. The Hall–Kier alpha value is -2.00. The lowest BCUT2D eigenvalue weighted by atomic mass is 10.1. The summed E-state index contributed by atoms with van der Waals surface area (Å²) in [5, 5.41) is 4.78. The summed E-state index contributed by atoms with van der Waals surface area (Å²) in [5.74, 6) is 1.03. The van der Waals surface area contributed by atoms with E-state index in [1.165, 1.54) is 16.7 Å². The molecule has 0 N–H and O–H groups in total. The van der Waals surface area contributed by atoms with Gasteiger partial charge >= 0.3 is 0 Å². The van der Waals surface area contributed by atoms with Crippen molar-refractivity contribution in [3.8, 4) is 0 Å². The molecule has 0 fully saturated rings. The maximum Gasteiger partial charge on any atom is 0.104 e. The molecule has 1 aromatic carbocycles. The standard InChI is InChI=1S/C18H20N2S/c1-16(2)8-12-21(20-11-10-19-15-20)13-9-18(14-21)17-6-4-3-5-7-17/h3-11,13-15H,12H2,1-2H3. The first-order valence-corrected chi connectivity index (χ1v) is 8.96. The molecule has 0 aliphatic carbocycles. The number of allylic oxidation sites excluding steroid dienone is 3. The molecule has 0 bridgehead atoms. The van der Waals surface area contributed by atoms with Crippen LogP contribution in [-0.2, 0) is 0 Å². The van der Waals surface area contributed by atoms with Crippen LogP contribution in [0.1, 0.15) is 19.4 Å². The number of nitrogens with zero attached hydrogens (tertiary/aromatic N) is 2. The minimum Gasteiger partial charge on any atom is -0.292 e. The summed E-state index contributed by atoms with van der Waals surface area (Å²) in [6.45, 7) is 4.31. The molecule has 2 aromatic rings. The van der Waals surface area contributed by atoms with Crippen LogP contribution in [0.15, 0.2) is 77.6 Å². The van der Waals surface area contributed by atoms with E-state index in [0.29, 0.717) is 0 Å². The van der Waals surface area contributed by atoms with Crippen molar-refractivity contribution in [1.82, 2.24) is 8.96 Å². The van der Waals surface area contributed by atoms with Gasteiger partial charge in [-0.25, -0.2) is 4.98 Å². The van der Waals surface area contributed by atoms with Crippen LogP contribution >= 0.6 is 10.2 Å². The highest BCUT2D eigenvalue weighted by molar-refractivity contribution is 8.37. The molecule has 1 atom stereocenters. The van der Waals surface area contributed by atoms with Gasteiger partial charge in [-0.2, -0.15) is 0 Å². The van der Waals surface area contributed by atoms with Crippen LogP contribution in [0.4, 0.5) is 0 Å². The number of aromatic nitrogens is 2. The lowest BCUT2D eigenvalue weighted by molar-refractivity contribution is 1.21. The van der Waals surface area contributed by atoms with E-state index in [1.807, 2.05) is 12.5 Å². The predicted octanol–water partition coefficient (Wildman–Crippen LogP) is 4.99. The third-order valence-electron chi connectivity index (χ3n) is 3.55. The Morgan fingerprint density at radius 3 is 2.71 bits per heavy atom. The van der Waals surface area contributed by atoms with Gasteiger partial charge < -0.3 is 0 Å². The second-order valence-corrected chi connectivity index (χ2v) is 8.30. The maximum atomic E-state index is 4.24. The van der Waals surface area contributed by atoms with E-state index >= 15 is 0 Å². The predicted molar refractivity (Wildman–Crippen MR) is 93.1 cm³/mol. The van der Waals surface area contributed by atoms with Gasteiger partial charge in [0, 0.05) is 18.1 Å². The van der Waals surface area contributed by atoms with Crippen molar-refractivity contribution in [3.63, 3.8) is 0 Å². The lowest BCUT2D eigenvalue weighted by Gasteiger charge is -2.32. The summed E-state index contributed by atoms with van der Waals surface area (Å²) < 4.78 is 2.26. The van der Waals surface area contributed by atoms with Gasteiger partial charge in [-0.1, -0.05) is 42.0 Å². The zero-order valence-electron chi connectivity index (χ0n) is 12.4. The molecule has 3 rings (SSSR count). The monoisotopic (exact) mass is 296 g/mol. The van der Waals surface area contributed by atoms with Gasteiger partial charge in [0.25, 0.3) is 0 Å². The van der Waals surface area contributed by atoms with E-state index < -0.39 is 10.2 Å². The first-order valence-electron chi connectivity index (χ1n) is 7.08. The molecule has 1 unspecified atom stereocenters. The molecule has 0 amide bonds. The molecule has 0 saturated heterocycles. The van der Waals surface area contributed by atoms with Crippen molar-refractivity contribution >= 4 is 15.8 Å². The van der Waals surface area contributed by atoms with E-state index in [0.717, 1.165) is 5.75 Å². The van der Waals surface area contributed by atoms with Gasteiger partial charge in [-0.05, 0) is 41.9 Å². The summed E-state index contributed by atoms with van der Waals surface area (Å²) in [6, 6.07) is 10.6. The summed E-state index contributed by atoms with van der Waals surface area (Å²) in [7, 11) is -1.15. The Balaban J connectivity index is 2.01. The Kier molecular flexibility index (Phi) is 3.84. The third-order valence-corrected chi connectivity index (χ3v) is 6.52. The Morgan fingerprint density at radius 2 is 2.05 bits per heavy atom. The van der Waals surface area contributed by atoms with Crippen LogP contribution in [0, 0.1) is 0 Å². The van der Waals surface area contributed by atoms with Gasteiger partial charge in [0.1, 0.15) is 6.33 Å². The van der Waals surface area contributed by atoms with Crippen molar-refractivity contribution in [2.24, 2.45) is 0 Å². The molecule has 108 valence electrons. The maximum absolute atomic E-state index is 4.24. The highest BCUT2D eigenvalue weighted by atomic mass is 32.3. The quantitative estimate of drug-likeness (QED) is 0.727. The van der Waals surface area contributed by atoms with Crippen LogP contribution in [0.3, 0.4) is 0 Å². The Labute approximate surface area is 128 Å². The fourth-order valence-corrected chi connectivity index (χ4v) is 5.22. The molecule has 21 heavy (non-hydrogen) atoms. The molecule has 0 saturated carbocycles. The highest BCUT2D eigenvalue weighted by Gasteiger charge is 2.24. The van der Waals surface area contributed by atoms with E-state index in [9.17, 15) is 0 Å². The number of hydrogen-bond donors (Lipinski definition) is 0. The van der Waals surface area contributed by atoms with Gasteiger partial charge in [-0.15, -0.1) is 10.2 Å². The van der Waals surface area contributed by atoms with Crippen LogP contribution in [0.2, 0.25) is 0 Å². The number of rotatable bonds is 4. The molecule has 0 spiro atoms. The van der Waals surface area contributed by atoms with Gasteiger partial charge in [0.15, 0.2) is 0 Å². The van der Waals surface area contributed by atoms with Gasteiger partial charge in [0.2, 0.25) is 0 Å². The second kappa shape index (κ2) is 5.78. The molecule has 2 nitrogen and oxygen atoms in total. The molecule has 1 aromatic heterocycles. The number of imidazole rings is 1. The number of benzene rings is 1. The first kappa shape index (κ1) is 14.0. The van der Waals surface area contributed by atoms with Crippen molar-refractivity contribution in [2.75, 3.05) is 5.75 Å². The average Bonchev–Trinajstić information content (AvgIpc) is 3.16. The lowest BCUT2D eigenvalue weighted by Crippen LogP contribution is -2.05. The molecule has 3 heteroatoms. The summed E-state index contributed by atoms with van der Waals surface area (Å²) >= 11 is 0. The normalized spacial score (nSPS) is 23.4. The van der Waals surface area contributed by atoms with E-state index in [4.69, 9.17) is 0 Å². The molecular weight excluding hydrogens is 276 g/mol. The van der Waals surface area contributed by atoms with Crippen LogP contribution in [0.5, 0.6) is 0 Å². The van der Waals surface area contributed by atoms with Gasteiger partial charge in [0.05, 0.1) is 0 Å². The second-order valence-electron chi connectivity index (χ2n) is 5.42. The molecule has 1 aliphatic rings. The topological polar surface area (TPSA) is 17.8 Å². The van der Waals surface area contributed by atoms with E-state index in [2.05, 4.69) is 82.3 Å². The summed E-state index contributed by atoms with van der Waals surface area (Å²) in [5.41, 5.74) is 3.94. The van der Waals surface area contributed by atoms with E-state index in [1.54, 1.807) is 0 Å². The zero-order valence-corrected chi connectivity index (χ0v) is 13.3. The van der Waals surface area contributed by atoms with Crippen molar-refractivity contribution in [1.29, 1.82) is 0 Å². The van der Waals surface area contributed by atoms with Crippen LogP contribution in [-0.4, -0.2) is 14.7 Å². The van der Waals surface area contributed by atoms with Crippen molar-refractivity contribution in [2.45, 2.75) is 13.8 Å². The fraction of sp³-hybridized carbons (Fsp3) is 0.167. The minimum atomic E-state index is -1.15. The molecule has 0 radical (unpaired) electrons. The average molecular weight is 296 g/mol. The van der Waals surface area contributed by atoms with Gasteiger partial charge in [-0.3, -0.25) is 3.97 Å². The zero-order chi connectivity index (χ0) is 14.7. The summed E-state index contributed by atoms with van der Waals surface area (Å²) in [4.78, 5) is 4.24. The Bertz CT molecular complexity index is 692. The van der Waals surface area contributed by atoms with Crippen LogP contribution < -0.4 is 0 Å². The highest BCUT2D eigenvalue weighted by Crippen LogP contribution is 2.57. The van der Waals surface area contributed by atoms with Crippen molar-refractivity contribution < 1.29 is 0 Å². The Morgan fingerprint density at radius 1 is 1.24 bits per heavy atom. The fourth-order valence-electron chi connectivity index (χ4n) is 2.35. The molecule has 1 aliphatic heterocycles. The number of hydrogen-bond acceptors (Lipinski definition) is 1. The molecular formula is C18H20N2S. The van der Waals surface area contributed by atoms with Crippen molar-refractivity contribution in [3.05, 3.63) is 83.2 Å². The van der Waals surface area contributed by atoms with Crippen LogP contribution in [0.25, 0.3) is 5.57 Å². The summed E-state index contributed by atoms with van der Waals surface area (Å²) in [6.07, 6.45) is 10.4. The SMILES string of the molecule is CC(C)=CCS1(n2ccnc2)C=CC(c2ccccc2)=C1. The smallest absolute Gasteiger partial charge is 0.104 e. The first-order chi connectivity index (χ1) is 10.2. The van der Waals surface area contributed by atoms with E-state index in [-0.39, 0.29) is 0 Å². The molecule has 2 heterocycles.